The van der Waals surface area contributed by atoms with Crippen LogP contribution in [0.15, 0.2) is 23.4 Å². The predicted molar refractivity (Wildman–Crippen MR) is 155 cm³/mol. The second kappa shape index (κ2) is 10.1. The molecule has 2 amide bonds. The monoisotopic (exact) mass is 605 g/mol. The maximum atomic E-state index is 13.2. The van der Waals surface area contributed by atoms with Crippen LogP contribution in [0.2, 0.25) is 10.0 Å². The lowest BCUT2D eigenvalue weighted by Crippen LogP contribution is -2.55. The van der Waals surface area contributed by atoms with Crippen molar-refractivity contribution >= 4 is 58.5 Å². The van der Waals surface area contributed by atoms with E-state index in [-0.39, 0.29) is 27.9 Å². The maximum Gasteiger partial charge on any atom is 0.252 e. The number of nitrogens with one attached hydrogen (secondary N) is 1. The van der Waals surface area contributed by atoms with Crippen LogP contribution in [0.5, 0.6) is 0 Å². The number of nitrogens with zero attached hydrogens (tertiary/aromatic N) is 4. The van der Waals surface area contributed by atoms with E-state index in [0.29, 0.717) is 21.0 Å². The van der Waals surface area contributed by atoms with Crippen LogP contribution >= 0.6 is 46.7 Å². The van der Waals surface area contributed by atoms with Gasteiger partial charge in [0.2, 0.25) is 5.91 Å². The van der Waals surface area contributed by atoms with Crippen molar-refractivity contribution in [1.82, 2.24) is 25.2 Å². The van der Waals surface area contributed by atoms with Gasteiger partial charge in [0, 0.05) is 10.4 Å². The number of thioether (sulfide) groups is 2. The van der Waals surface area contributed by atoms with Crippen LogP contribution in [-0.4, -0.2) is 48.0 Å². The highest BCUT2D eigenvalue weighted by atomic mass is 35.5. The van der Waals surface area contributed by atoms with Crippen molar-refractivity contribution < 1.29 is 9.59 Å². The smallest absolute Gasteiger partial charge is 0.252 e. The third-order valence-corrected chi connectivity index (χ3v) is 12.6. The van der Waals surface area contributed by atoms with Gasteiger partial charge in [-0.1, -0.05) is 54.2 Å². The molecular weight excluding hydrogens is 573 g/mol. The summed E-state index contributed by atoms with van der Waals surface area (Å²) in [7, 11) is 0. The number of hydrogen-bond acceptors (Lipinski definition) is 6. The minimum Gasteiger partial charge on any atom is -0.272 e. The molecule has 1 saturated heterocycles. The van der Waals surface area contributed by atoms with E-state index in [2.05, 4.69) is 15.1 Å². The molecule has 4 bridgehead atoms. The van der Waals surface area contributed by atoms with Gasteiger partial charge in [0.15, 0.2) is 5.16 Å². The van der Waals surface area contributed by atoms with Crippen LogP contribution in [-0.2, 0) is 15.0 Å². The van der Waals surface area contributed by atoms with Crippen LogP contribution in [0.25, 0.3) is 5.69 Å². The van der Waals surface area contributed by atoms with Crippen molar-refractivity contribution in [1.29, 1.82) is 0 Å². The summed E-state index contributed by atoms with van der Waals surface area (Å²) in [5.41, 5.74) is 3.75. The molecule has 1 spiro atoms. The molecule has 6 aliphatic rings. The number of rotatable bonds is 6. The van der Waals surface area contributed by atoms with Gasteiger partial charge in [0.05, 0.1) is 22.2 Å². The molecule has 0 radical (unpaired) electrons. The van der Waals surface area contributed by atoms with E-state index in [1.165, 1.54) is 37.4 Å². The van der Waals surface area contributed by atoms with Gasteiger partial charge < -0.3 is 0 Å². The molecule has 6 fully saturated rings. The Morgan fingerprint density at radius 2 is 1.74 bits per heavy atom. The summed E-state index contributed by atoms with van der Waals surface area (Å²) in [6.45, 7) is 0. The Morgan fingerprint density at radius 3 is 2.41 bits per heavy atom. The van der Waals surface area contributed by atoms with E-state index >= 15 is 0 Å². The number of halogens is 2. The summed E-state index contributed by atoms with van der Waals surface area (Å²) < 4.78 is 2.09. The molecule has 39 heavy (non-hydrogen) atoms. The van der Waals surface area contributed by atoms with Gasteiger partial charge >= 0.3 is 0 Å². The lowest BCUT2D eigenvalue weighted by atomic mass is 9.49. The Bertz CT molecular complexity index is 1280. The highest BCUT2D eigenvalue weighted by molar-refractivity contribution is 8.01. The average Bonchev–Trinajstić information content (AvgIpc) is 3.45. The largest absolute Gasteiger partial charge is 0.272 e. The van der Waals surface area contributed by atoms with Gasteiger partial charge in [0.25, 0.3) is 5.91 Å². The number of aromatic nitrogens is 3. The number of carbonyl (C=O) groups is 2. The highest BCUT2D eigenvalue weighted by Crippen LogP contribution is 2.61. The molecule has 1 aliphatic heterocycles. The fourth-order valence-electron chi connectivity index (χ4n) is 8.45. The number of benzene rings is 1. The SMILES string of the molecule is O=C(CSc1nnc(C23CC4CC(CC(C4)C2)C3)n1-c1ccc(Cl)cc1Cl)NN1C(=O)CSC12CCCCC2. The zero-order chi connectivity index (χ0) is 26.8. The molecule has 5 saturated carbocycles. The summed E-state index contributed by atoms with van der Waals surface area (Å²) in [5, 5.41) is 12.8. The molecule has 7 nitrogen and oxygen atoms in total. The fourth-order valence-corrected chi connectivity index (χ4v) is 11.1. The van der Waals surface area contributed by atoms with Crippen molar-refractivity contribution in [3.63, 3.8) is 0 Å². The molecule has 1 N–H and O–H groups in total. The standard InChI is InChI=1S/C28H33Cl2N5O2S2/c29-20-4-5-22(21(30)11-20)34-25(27-12-17-8-18(13-27)10-19(9-17)14-27)31-32-26(34)38-15-23(36)33-35-24(37)16-39-28(35)6-2-1-3-7-28/h4-5,11,17-19H,1-3,6-10,12-16H2,(H,33,36). The second-order valence-electron chi connectivity index (χ2n) is 12.3. The Hall–Kier alpha value is -1.42. The lowest BCUT2D eigenvalue weighted by Gasteiger charge is -2.56. The van der Waals surface area contributed by atoms with Gasteiger partial charge in [0.1, 0.15) is 10.7 Å². The normalized spacial score (nSPS) is 30.9. The first-order valence-electron chi connectivity index (χ1n) is 14.1. The first kappa shape index (κ1) is 26.5. The molecule has 2 aromatic rings. The molecule has 11 heteroatoms. The average molecular weight is 607 g/mol. The predicted octanol–water partition coefficient (Wildman–Crippen LogP) is 6.40. The first-order chi connectivity index (χ1) is 18.8. The van der Waals surface area contributed by atoms with Crippen molar-refractivity contribution in [3.05, 3.63) is 34.1 Å². The van der Waals surface area contributed by atoms with Gasteiger partial charge in [-0.3, -0.25) is 19.6 Å². The van der Waals surface area contributed by atoms with E-state index in [0.717, 1.165) is 74.2 Å². The van der Waals surface area contributed by atoms with Crippen molar-refractivity contribution in [2.45, 2.75) is 86.1 Å². The number of hydrogen-bond donors (Lipinski definition) is 1. The van der Waals surface area contributed by atoms with Gasteiger partial charge in [-0.05, 0) is 87.3 Å². The lowest BCUT2D eigenvalue weighted by molar-refractivity contribution is -0.142. The first-order valence-corrected chi connectivity index (χ1v) is 16.9. The molecule has 8 rings (SSSR count). The zero-order valence-corrected chi connectivity index (χ0v) is 25.0. The second-order valence-corrected chi connectivity index (χ2v) is 15.4. The summed E-state index contributed by atoms with van der Waals surface area (Å²) in [6.07, 6.45) is 12.6. The summed E-state index contributed by atoms with van der Waals surface area (Å²) in [6, 6.07) is 5.52. The molecule has 0 atom stereocenters. The van der Waals surface area contributed by atoms with E-state index in [1.54, 1.807) is 22.8 Å². The van der Waals surface area contributed by atoms with Gasteiger partial charge in [-0.15, -0.1) is 22.0 Å². The fraction of sp³-hybridized carbons (Fsp3) is 0.643. The van der Waals surface area contributed by atoms with Crippen LogP contribution in [0.1, 0.15) is 76.5 Å². The van der Waals surface area contributed by atoms with E-state index < -0.39 is 0 Å². The molecule has 2 heterocycles. The Kier molecular flexibility index (Phi) is 6.88. The van der Waals surface area contributed by atoms with Crippen LogP contribution in [0.4, 0.5) is 0 Å². The third-order valence-electron chi connectivity index (χ3n) is 9.62. The third kappa shape index (κ3) is 4.69. The highest BCUT2D eigenvalue weighted by Gasteiger charge is 2.54. The van der Waals surface area contributed by atoms with Crippen molar-refractivity contribution in [3.8, 4) is 5.69 Å². The topological polar surface area (TPSA) is 80.1 Å². The molecular formula is C28H33Cl2N5O2S2. The summed E-state index contributed by atoms with van der Waals surface area (Å²) in [5.74, 6) is 3.58. The molecule has 1 aromatic heterocycles. The number of amides is 2. The Morgan fingerprint density at radius 1 is 1.05 bits per heavy atom. The summed E-state index contributed by atoms with van der Waals surface area (Å²) in [4.78, 5) is 25.6. The minimum atomic E-state index is -0.293. The maximum absolute atomic E-state index is 13.2. The Balaban J connectivity index is 1.16. The summed E-state index contributed by atoms with van der Waals surface area (Å²) >= 11 is 16.0. The van der Waals surface area contributed by atoms with Crippen molar-refractivity contribution in [2.24, 2.45) is 17.8 Å². The molecule has 0 unspecified atom stereocenters. The minimum absolute atomic E-state index is 0.00165. The molecule has 5 aliphatic carbocycles. The Labute approximate surface area is 247 Å². The number of carbonyl (C=O) groups excluding carboxylic acids is 2. The van der Waals surface area contributed by atoms with Gasteiger partial charge in [-0.2, -0.15) is 0 Å². The van der Waals surface area contributed by atoms with Crippen molar-refractivity contribution in [2.75, 3.05) is 11.5 Å². The van der Waals surface area contributed by atoms with Gasteiger partial charge in [-0.25, -0.2) is 5.01 Å². The van der Waals surface area contributed by atoms with Crippen LogP contribution in [0, 0.1) is 17.8 Å². The molecule has 1 aromatic carbocycles. The van der Waals surface area contributed by atoms with E-state index in [4.69, 9.17) is 28.3 Å². The number of hydrazine groups is 1. The zero-order valence-electron chi connectivity index (χ0n) is 21.8. The van der Waals surface area contributed by atoms with E-state index in [9.17, 15) is 9.59 Å². The van der Waals surface area contributed by atoms with Crippen LogP contribution < -0.4 is 5.43 Å². The quantitative estimate of drug-likeness (QED) is 0.384. The van der Waals surface area contributed by atoms with E-state index in [1.807, 2.05) is 12.1 Å². The molecule has 208 valence electrons. The van der Waals surface area contributed by atoms with Crippen LogP contribution in [0.3, 0.4) is 0 Å².